The lowest BCUT2D eigenvalue weighted by atomic mass is 9.74. The standard InChI is InChI=1S/C26H49FN4O9/c1-25(2,16-26(3,4)24(37)30-31(5,6)38-7)23(36)28-12-10-8-9-11-13-39-22-19(29-18(33)14-27)21(35)20(34)17(15-32)40-22/h17,19-22,32,34-35H,8-16H2,1-7H3,(H2-,28,29,30,33,36,37)/p+1. The van der Waals surface area contributed by atoms with Gasteiger partial charge in [-0.3, -0.25) is 14.4 Å². The highest BCUT2D eigenvalue weighted by atomic mass is 19.1. The predicted molar refractivity (Wildman–Crippen MR) is 143 cm³/mol. The molecule has 234 valence electrons. The van der Waals surface area contributed by atoms with E-state index in [1.807, 2.05) is 0 Å². The molecule has 1 aliphatic rings. The Hall–Kier alpha value is -1.94. The third kappa shape index (κ3) is 11.1. The number of rotatable bonds is 17. The van der Waals surface area contributed by atoms with Crippen LogP contribution in [-0.4, -0.2) is 116 Å². The highest BCUT2D eigenvalue weighted by Gasteiger charge is 2.45. The molecule has 0 saturated carbocycles. The lowest BCUT2D eigenvalue weighted by Gasteiger charge is -2.42. The summed E-state index contributed by atoms with van der Waals surface area (Å²) in [5.41, 5.74) is 1.20. The molecule has 1 rings (SSSR count). The number of hydrogen-bond acceptors (Lipinski definition) is 9. The van der Waals surface area contributed by atoms with Crippen molar-refractivity contribution in [2.75, 3.05) is 47.6 Å². The summed E-state index contributed by atoms with van der Waals surface area (Å²) in [4.78, 5) is 42.3. The number of halogens is 1. The number of carbonyl (C=O) groups is 3. The van der Waals surface area contributed by atoms with E-state index < -0.39 is 60.7 Å². The van der Waals surface area contributed by atoms with Crippen molar-refractivity contribution >= 4 is 17.7 Å². The summed E-state index contributed by atoms with van der Waals surface area (Å²) in [5.74, 6) is -1.36. The number of quaternary nitrogens is 1. The number of nitrogens with zero attached hydrogens (tertiary/aromatic N) is 1. The van der Waals surface area contributed by atoms with Crippen LogP contribution in [0.25, 0.3) is 0 Å². The van der Waals surface area contributed by atoms with E-state index >= 15 is 0 Å². The van der Waals surface area contributed by atoms with E-state index in [2.05, 4.69) is 16.1 Å². The van der Waals surface area contributed by atoms with Gasteiger partial charge in [-0.25, -0.2) is 4.39 Å². The van der Waals surface area contributed by atoms with Crippen LogP contribution < -0.4 is 16.1 Å². The van der Waals surface area contributed by atoms with Crippen LogP contribution in [0.2, 0.25) is 0 Å². The SMILES string of the molecule is CO[N+](C)(C)NC(=O)C(C)(C)CC(C)(C)C(=O)NCCCCCCOC1OC(CO)C(O)C(O)C1NC(=O)CF. The molecule has 3 amide bonds. The van der Waals surface area contributed by atoms with Crippen LogP contribution in [0, 0.1) is 10.8 Å². The summed E-state index contributed by atoms with van der Waals surface area (Å²) >= 11 is 0. The fourth-order valence-electron chi connectivity index (χ4n) is 4.53. The Balaban J connectivity index is 2.42. The molecule has 40 heavy (non-hydrogen) atoms. The third-order valence-corrected chi connectivity index (χ3v) is 6.91. The minimum Gasteiger partial charge on any atom is -0.394 e. The van der Waals surface area contributed by atoms with Crippen molar-refractivity contribution in [3.63, 3.8) is 0 Å². The number of aliphatic hydroxyl groups excluding tert-OH is 3. The van der Waals surface area contributed by atoms with Gasteiger partial charge < -0.3 is 35.4 Å². The van der Waals surface area contributed by atoms with Gasteiger partial charge in [0.05, 0.1) is 13.7 Å². The Bertz CT molecular complexity index is 828. The van der Waals surface area contributed by atoms with Gasteiger partial charge in [-0.1, -0.05) is 45.3 Å². The van der Waals surface area contributed by atoms with Crippen molar-refractivity contribution in [1.82, 2.24) is 16.1 Å². The maximum atomic E-state index is 12.8. The van der Waals surface area contributed by atoms with Gasteiger partial charge in [0.1, 0.15) is 38.4 Å². The normalized spacial score (nSPS) is 23.9. The van der Waals surface area contributed by atoms with Gasteiger partial charge in [-0.15, -0.1) is 0 Å². The molecular weight excluding hydrogens is 531 g/mol. The van der Waals surface area contributed by atoms with Crippen LogP contribution >= 0.6 is 0 Å². The maximum Gasteiger partial charge on any atom is 0.273 e. The summed E-state index contributed by atoms with van der Waals surface area (Å²) in [6, 6.07) is -1.19. The summed E-state index contributed by atoms with van der Waals surface area (Å²) in [5, 5.41) is 34.9. The van der Waals surface area contributed by atoms with Crippen molar-refractivity contribution in [3.05, 3.63) is 0 Å². The van der Waals surface area contributed by atoms with Crippen LogP contribution in [-0.2, 0) is 28.7 Å². The average Bonchev–Trinajstić information content (AvgIpc) is 2.88. The van der Waals surface area contributed by atoms with E-state index in [0.717, 1.165) is 19.3 Å². The number of ether oxygens (including phenoxy) is 2. The molecule has 1 aliphatic heterocycles. The van der Waals surface area contributed by atoms with Crippen LogP contribution in [0.4, 0.5) is 4.39 Å². The molecule has 0 radical (unpaired) electrons. The first-order chi connectivity index (χ1) is 18.5. The van der Waals surface area contributed by atoms with Gasteiger partial charge >= 0.3 is 0 Å². The highest BCUT2D eigenvalue weighted by molar-refractivity contribution is 5.85. The lowest BCUT2D eigenvalue weighted by molar-refractivity contribution is -1.10. The average molecular weight is 582 g/mol. The first-order valence-electron chi connectivity index (χ1n) is 13.6. The van der Waals surface area contributed by atoms with Crippen LogP contribution in [0.3, 0.4) is 0 Å². The van der Waals surface area contributed by atoms with E-state index in [4.69, 9.17) is 14.3 Å². The van der Waals surface area contributed by atoms with Crippen molar-refractivity contribution in [1.29, 1.82) is 0 Å². The zero-order valence-electron chi connectivity index (χ0n) is 24.9. The Morgan fingerprint density at radius 2 is 1.57 bits per heavy atom. The van der Waals surface area contributed by atoms with Gasteiger partial charge in [0.2, 0.25) is 5.91 Å². The minimum absolute atomic E-state index is 0.141. The van der Waals surface area contributed by atoms with E-state index in [9.17, 15) is 34.1 Å². The van der Waals surface area contributed by atoms with Crippen molar-refractivity contribution in [2.24, 2.45) is 10.8 Å². The van der Waals surface area contributed by atoms with Gasteiger partial charge in [-0.2, -0.15) is 10.3 Å². The summed E-state index contributed by atoms with van der Waals surface area (Å²) in [6.07, 6.45) is -2.06. The smallest absolute Gasteiger partial charge is 0.273 e. The molecule has 0 aromatic heterocycles. The van der Waals surface area contributed by atoms with E-state index in [1.165, 1.54) is 7.11 Å². The molecule has 0 aliphatic carbocycles. The van der Waals surface area contributed by atoms with Crippen LogP contribution in [0.15, 0.2) is 0 Å². The second kappa shape index (κ2) is 15.9. The van der Waals surface area contributed by atoms with Crippen molar-refractivity contribution in [2.45, 2.75) is 90.4 Å². The second-order valence-corrected chi connectivity index (χ2v) is 11.9. The zero-order valence-corrected chi connectivity index (χ0v) is 24.9. The topological polar surface area (TPSA) is 176 Å². The monoisotopic (exact) mass is 581 g/mol. The van der Waals surface area contributed by atoms with Crippen molar-refractivity contribution < 1.29 is 53.2 Å². The Morgan fingerprint density at radius 1 is 0.975 bits per heavy atom. The molecule has 14 heteroatoms. The molecule has 1 heterocycles. The van der Waals surface area contributed by atoms with E-state index in [1.54, 1.807) is 41.8 Å². The number of carbonyl (C=O) groups excluding carboxylic acids is 3. The van der Waals surface area contributed by atoms with Gasteiger partial charge in [-0.05, 0) is 19.3 Å². The molecule has 13 nitrogen and oxygen atoms in total. The van der Waals surface area contributed by atoms with Crippen molar-refractivity contribution in [3.8, 4) is 0 Å². The molecule has 1 fully saturated rings. The number of alkyl halides is 1. The molecule has 1 saturated heterocycles. The maximum absolute atomic E-state index is 12.8. The number of hydroxylamine groups is 2. The third-order valence-electron chi connectivity index (χ3n) is 6.91. The highest BCUT2D eigenvalue weighted by Crippen LogP contribution is 2.34. The first kappa shape index (κ1) is 36.1. The fourth-order valence-corrected chi connectivity index (χ4v) is 4.53. The predicted octanol–water partition coefficient (Wildman–Crippen LogP) is -0.316. The largest absolute Gasteiger partial charge is 0.394 e. The molecular formula is C26H50FN4O9+. The van der Waals surface area contributed by atoms with Crippen LogP contribution in [0.5, 0.6) is 0 Å². The molecule has 5 unspecified atom stereocenters. The minimum atomic E-state index is -1.50. The zero-order chi connectivity index (χ0) is 30.7. The second-order valence-electron chi connectivity index (χ2n) is 11.9. The molecule has 0 aromatic rings. The summed E-state index contributed by atoms with van der Waals surface area (Å²) < 4.78 is 23.6. The Morgan fingerprint density at radius 3 is 2.15 bits per heavy atom. The number of unbranched alkanes of at least 4 members (excludes halogenated alkanes) is 3. The first-order valence-corrected chi connectivity index (χ1v) is 13.6. The molecule has 0 aromatic carbocycles. The number of aliphatic hydroxyl groups is 3. The number of hydrogen-bond donors (Lipinski definition) is 6. The van der Waals surface area contributed by atoms with Gasteiger partial charge in [0, 0.05) is 24.0 Å². The lowest BCUT2D eigenvalue weighted by Crippen LogP contribution is -2.65. The van der Waals surface area contributed by atoms with E-state index in [-0.39, 0.29) is 23.2 Å². The summed E-state index contributed by atoms with van der Waals surface area (Å²) in [7, 11) is 4.87. The number of nitrogens with one attached hydrogen (secondary N) is 3. The summed E-state index contributed by atoms with van der Waals surface area (Å²) in [6.45, 7) is 5.98. The molecule has 0 spiro atoms. The fraction of sp³-hybridized carbons (Fsp3) is 0.885. The quantitative estimate of drug-likeness (QED) is 0.0764. The van der Waals surface area contributed by atoms with Gasteiger partial charge in [0.25, 0.3) is 11.8 Å². The Kier molecular flexibility index (Phi) is 14.3. The molecule has 0 bridgehead atoms. The molecule has 5 atom stereocenters. The number of amides is 3. The van der Waals surface area contributed by atoms with E-state index in [0.29, 0.717) is 19.4 Å². The molecule has 6 N–H and O–H groups in total. The Labute approximate surface area is 236 Å². The van der Waals surface area contributed by atoms with Gasteiger partial charge in [0.15, 0.2) is 13.0 Å². The van der Waals surface area contributed by atoms with Crippen LogP contribution in [0.1, 0.15) is 59.8 Å².